The second kappa shape index (κ2) is 16.3. The fraction of sp³-hybridized carbons (Fsp3) is 0.686. The van der Waals surface area contributed by atoms with E-state index in [4.69, 9.17) is 9.47 Å². The van der Waals surface area contributed by atoms with Gasteiger partial charge in [0.1, 0.15) is 12.6 Å². The van der Waals surface area contributed by atoms with E-state index in [2.05, 4.69) is 25.8 Å². The number of hydrogen-bond acceptors (Lipinski definition) is 10. The molecule has 2 N–H and O–H groups in total. The first kappa shape index (κ1) is 36.4. The molecule has 14 nitrogen and oxygen atoms in total. The zero-order valence-electron chi connectivity index (χ0n) is 29.1. The number of carbonyl (C=O) groups is 3. The van der Waals surface area contributed by atoms with Gasteiger partial charge in [-0.15, -0.1) is 5.10 Å². The third-order valence-electron chi connectivity index (χ3n) is 10.7. The number of nitrogens with zero attached hydrogens (tertiary/aromatic N) is 5. The van der Waals surface area contributed by atoms with Crippen LogP contribution in [0.4, 0.5) is 0 Å². The van der Waals surface area contributed by atoms with Crippen molar-refractivity contribution in [3.8, 4) is 0 Å². The number of sulfone groups is 1. The highest BCUT2D eigenvalue weighted by Gasteiger charge is 2.45. The lowest BCUT2D eigenvalue weighted by atomic mass is 9.83. The van der Waals surface area contributed by atoms with E-state index in [1.807, 2.05) is 23.0 Å². The molecule has 1 aromatic heterocycles. The molecule has 6 rings (SSSR count). The van der Waals surface area contributed by atoms with Crippen LogP contribution in [0.2, 0.25) is 0 Å². The van der Waals surface area contributed by atoms with Crippen molar-refractivity contribution in [3.63, 3.8) is 0 Å². The van der Waals surface area contributed by atoms with Crippen LogP contribution in [0.15, 0.2) is 35.4 Å². The zero-order chi connectivity index (χ0) is 35.1. The molecule has 1 saturated carbocycles. The van der Waals surface area contributed by atoms with Gasteiger partial charge in [0.05, 0.1) is 48.4 Å². The summed E-state index contributed by atoms with van der Waals surface area (Å²) in [5, 5.41) is 15.0. The van der Waals surface area contributed by atoms with Crippen LogP contribution < -0.4 is 10.6 Å². The summed E-state index contributed by atoms with van der Waals surface area (Å²) >= 11 is 0. The highest BCUT2D eigenvalue weighted by Crippen LogP contribution is 2.33. The maximum atomic E-state index is 14.3. The van der Waals surface area contributed by atoms with Gasteiger partial charge in [-0.25, -0.2) is 13.1 Å². The Morgan fingerprint density at radius 1 is 0.980 bits per heavy atom. The standard InChI is InChI=1S/C35H51N7O7S/c1-50(46,47)30-9-7-27(8-10-30)22-40-14-11-35(12-15-40)21-33(44)41-24-29(42-23-28(38-39-42)19-26-5-3-2-4-6-26)20-31(41)34(45)36-13-16-48-17-18-49-25-32(43)37-35/h7-10,23,26,29,31H,2-6,11-22,24-25H2,1H3,(H,36,45)(H,37,43)/t29-,31-/m0/s1. The van der Waals surface area contributed by atoms with Gasteiger partial charge in [-0.1, -0.05) is 49.5 Å². The topological polar surface area (TPSA) is 165 Å². The Balaban J connectivity index is 1.16. The average molecular weight is 714 g/mol. The molecule has 1 aromatic carbocycles. The Morgan fingerprint density at radius 3 is 2.46 bits per heavy atom. The van der Waals surface area contributed by atoms with Gasteiger partial charge in [-0.05, 0) is 42.9 Å². The van der Waals surface area contributed by atoms with Crippen LogP contribution >= 0.6 is 0 Å². The SMILES string of the molecule is CS(=O)(=O)c1ccc(CN2CCC3(CC2)CC(=O)N2C[C@@H](n4cc(CC5CCCCC5)nn4)C[C@H]2C(=O)NCCOCCOCC(=O)N3)cc1. The molecule has 0 unspecified atom stereocenters. The number of benzene rings is 1. The van der Waals surface area contributed by atoms with E-state index in [-0.39, 0.29) is 48.3 Å². The molecule has 15 heteroatoms. The number of amides is 3. The molecular weight excluding hydrogens is 662 g/mol. The number of nitrogens with one attached hydrogen (secondary N) is 2. The lowest BCUT2D eigenvalue weighted by Gasteiger charge is -2.43. The van der Waals surface area contributed by atoms with Crippen molar-refractivity contribution in [2.24, 2.45) is 5.92 Å². The first-order valence-electron chi connectivity index (χ1n) is 18.0. The number of likely N-dealkylation sites (tertiary alicyclic amines) is 1. The summed E-state index contributed by atoms with van der Waals surface area (Å²) in [4.78, 5) is 45.2. The number of carbonyl (C=O) groups excluding carboxylic acids is 3. The van der Waals surface area contributed by atoms with E-state index < -0.39 is 21.4 Å². The van der Waals surface area contributed by atoms with E-state index in [9.17, 15) is 22.8 Å². The summed E-state index contributed by atoms with van der Waals surface area (Å²) in [6.45, 7) is 3.14. The Kier molecular flexibility index (Phi) is 11.9. The molecule has 1 aliphatic carbocycles. The Labute approximate surface area is 294 Å². The lowest BCUT2D eigenvalue weighted by Crippen LogP contribution is -2.58. The van der Waals surface area contributed by atoms with Crippen LogP contribution in [-0.4, -0.2) is 121 Å². The zero-order valence-corrected chi connectivity index (χ0v) is 29.9. The van der Waals surface area contributed by atoms with Crippen molar-refractivity contribution in [2.75, 3.05) is 58.9 Å². The molecular formula is C35H51N7O7S. The highest BCUT2D eigenvalue weighted by molar-refractivity contribution is 7.90. The van der Waals surface area contributed by atoms with Crippen molar-refractivity contribution in [1.82, 2.24) is 35.4 Å². The van der Waals surface area contributed by atoms with Crippen LogP contribution in [0.25, 0.3) is 0 Å². The predicted octanol–water partition coefficient (Wildman–Crippen LogP) is 1.65. The van der Waals surface area contributed by atoms with Gasteiger partial charge in [0, 0.05) is 51.6 Å². The van der Waals surface area contributed by atoms with Crippen molar-refractivity contribution in [3.05, 3.63) is 41.7 Å². The van der Waals surface area contributed by atoms with Crippen molar-refractivity contribution < 1.29 is 32.3 Å². The molecule has 4 aliphatic rings. The number of fused-ring (bicyclic) bond motifs is 1. The fourth-order valence-corrected chi connectivity index (χ4v) is 8.49. The molecule has 4 heterocycles. The van der Waals surface area contributed by atoms with E-state index in [0.717, 1.165) is 17.7 Å². The minimum absolute atomic E-state index is 0.0551. The second-order valence-corrected chi connectivity index (χ2v) is 16.5. The fourth-order valence-electron chi connectivity index (χ4n) is 7.86. The van der Waals surface area contributed by atoms with Gasteiger partial charge in [-0.3, -0.25) is 19.3 Å². The van der Waals surface area contributed by atoms with Crippen LogP contribution in [0.1, 0.15) is 75.1 Å². The monoisotopic (exact) mass is 713 g/mol. The molecule has 2 atom stereocenters. The maximum Gasteiger partial charge on any atom is 0.246 e. The van der Waals surface area contributed by atoms with Crippen molar-refractivity contribution >= 4 is 27.6 Å². The molecule has 3 aliphatic heterocycles. The smallest absolute Gasteiger partial charge is 0.246 e. The summed E-state index contributed by atoms with van der Waals surface area (Å²) < 4.78 is 36.8. The second-order valence-electron chi connectivity index (χ2n) is 14.5. The molecule has 50 heavy (non-hydrogen) atoms. The summed E-state index contributed by atoms with van der Waals surface area (Å²) in [7, 11) is -3.28. The summed E-state index contributed by atoms with van der Waals surface area (Å²) in [6, 6.07) is 6.00. The minimum atomic E-state index is -3.28. The molecule has 3 saturated heterocycles. The Bertz CT molecular complexity index is 1580. The van der Waals surface area contributed by atoms with Crippen LogP contribution in [0.5, 0.6) is 0 Å². The highest BCUT2D eigenvalue weighted by atomic mass is 32.2. The van der Waals surface area contributed by atoms with Gasteiger partial charge in [-0.2, -0.15) is 0 Å². The first-order valence-corrected chi connectivity index (χ1v) is 19.9. The van der Waals surface area contributed by atoms with Crippen LogP contribution in [-0.2, 0) is 46.7 Å². The van der Waals surface area contributed by atoms with Crippen molar-refractivity contribution in [2.45, 2.75) is 93.3 Å². The number of aromatic nitrogens is 3. The number of ether oxygens (including phenoxy) is 2. The van der Waals surface area contributed by atoms with Crippen molar-refractivity contribution in [1.29, 1.82) is 0 Å². The minimum Gasteiger partial charge on any atom is -0.377 e. The van der Waals surface area contributed by atoms with Crippen LogP contribution in [0.3, 0.4) is 0 Å². The molecule has 4 fully saturated rings. The Hall–Kier alpha value is -3.40. The lowest BCUT2D eigenvalue weighted by molar-refractivity contribution is -0.141. The molecule has 0 bridgehead atoms. The van der Waals surface area contributed by atoms with E-state index in [0.29, 0.717) is 71.1 Å². The van der Waals surface area contributed by atoms with E-state index in [1.165, 1.54) is 38.4 Å². The quantitative estimate of drug-likeness (QED) is 0.450. The van der Waals surface area contributed by atoms with Gasteiger partial charge in [0.15, 0.2) is 9.84 Å². The van der Waals surface area contributed by atoms with E-state index >= 15 is 0 Å². The third-order valence-corrected chi connectivity index (χ3v) is 11.8. The summed E-state index contributed by atoms with van der Waals surface area (Å²) in [6.07, 6.45) is 11.8. The first-order chi connectivity index (χ1) is 24.1. The maximum absolute atomic E-state index is 14.3. The van der Waals surface area contributed by atoms with Gasteiger partial charge in [0.2, 0.25) is 17.7 Å². The van der Waals surface area contributed by atoms with Gasteiger partial charge >= 0.3 is 0 Å². The number of piperidine rings is 1. The van der Waals surface area contributed by atoms with E-state index in [1.54, 1.807) is 17.0 Å². The molecule has 274 valence electrons. The molecule has 3 amide bonds. The average Bonchev–Trinajstić information content (AvgIpc) is 3.75. The number of rotatable bonds is 6. The predicted molar refractivity (Wildman–Crippen MR) is 184 cm³/mol. The summed E-state index contributed by atoms with van der Waals surface area (Å²) in [5.41, 5.74) is 1.11. The molecule has 1 spiro atoms. The van der Waals surface area contributed by atoms with Gasteiger partial charge < -0.3 is 25.0 Å². The van der Waals surface area contributed by atoms with Gasteiger partial charge in [0.25, 0.3) is 0 Å². The molecule has 2 aromatic rings. The number of hydrogen-bond donors (Lipinski definition) is 2. The molecule has 0 radical (unpaired) electrons. The normalized spacial score (nSPS) is 25.3. The van der Waals surface area contributed by atoms with Crippen LogP contribution in [0, 0.1) is 5.92 Å². The third kappa shape index (κ3) is 9.47. The Morgan fingerprint density at radius 2 is 1.72 bits per heavy atom. The largest absolute Gasteiger partial charge is 0.377 e. The summed E-state index contributed by atoms with van der Waals surface area (Å²) in [5.74, 6) is -0.0953.